The van der Waals surface area contributed by atoms with Crippen LogP contribution in [0.2, 0.25) is 0 Å². The highest BCUT2D eigenvalue weighted by Gasteiger charge is 2.09. The maximum absolute atomic E-state index is 12.2. The molecular formula is C17H19BrN2O. The van der Waals surface area contributed by atoms with Crippen LogP contribution in [-0.4, -0.2) is 5.91 Å². The molecule has 2 rings (SSSR count). The maximum atomic E-state index is 12.2. The molecule has 2 aromatic carbocycles. The zero-order valence-electron chi connectivity index (χ0n) is 12.5. The fourth-order valence-corrected chi connectivity index (χ4v) is 2.64. The van der Waals surface area contributed by atoms with E-state index < -0.39 is 0 Å². The third kappa shape index (κ3) is 3.85. The summed E-state index contributed by atoms with van der Waals surface area (Å²) < 4.78 is 0.836. The van der Waals surface area contributed by atoms with Gasteiger partial charge in [-0.15, -0.1) is 0 Å². The van der Waals surface area contributed by atoms with E-state index in [1.165, 1.54) is 11.1 Å². The quantitative estimate of drug-likeness (QED) is 0.820. The topological polar surface area (TPSA) is 55.1 Å². The van der Waals surface area contributed by atoms with Gasteiger partial charge in [0.15, 0.2) is 0 Å². The largest absolute Gasteiger partial charge is 0.398 e. The Hall–Kier alpha value is -1.81. The lowest BCUT2D eigenvalue weighted by Crippen LogP contribution is -2.15. The van der Waals surface area contributed by atoms with E-state index in [-0.39, 0.29) is 5.91 Å². The van der Waals surface area contributed by atoms with Gasteiger partial charge in [-0.2, -0.15) is 0 Å². The van der Waals surface area contributed by atoms with Crippen molar-refractivity contribution in [3.05, 3.63) is 57.1 Å². The van der Waals surface area contributed by atoms with Crippen molar-refractivity contribution in [3.63, 3.8) is 0 Å². The van der Waals surface area contributed by atoms with Crippen molar-refractivity contribution < 1.29 is 4.79 Å². The van der Waals surface area contributed by atoms with E-state index in [4.69, 9.17) is 5.73 Å². The van der Waals surface area contributed by atoms with E-state index in [1.54, 1.807) is 6.07 Å². The molecule has 0 fully saturated rings. The van der Waals surface area contributed by atoms with Crippen LogP contribution in [0.3, 0.4) is 0 Å². The van der Waals surface area contributed by atoms with Crippen LogP contribution in [0, 0.1) is 20.8 Å². The fraction of sp³-hybridized carbons (Fsp3) is 0.235. The van der Waals surface area contributed by atoms with E-state index >= 15 is 0 Å². The fourth-order valence-electron chi connectivity index (χ4n) is 2.08. The number of aryl methyl sites for hydroxylation is 3. The Morgan fingerprint density at radius 1 is 1.10 bits per heavy atom. The molecule has 0 spiro atoms. The van der Waals surface area contributed by atoms with Gasteiger partial charge in [-0.05, 0) is 71.1 Å². The Bertz CT molecular complexity index is 695. The number of anilines is 2. The van der Waals surface area contributed by atoms with Crippen molar-refractivity contribution in [2.24, 2.45) is 0 Å². The molecule has 1 amide bonds. The molecule has 3 N–H and O–H groups in total. The Labute approximate surface area is 133 Å². The van der Waals surface area contributed by atoms with Crippen molar-refractivity contribution in [2.75, 3.05) is 11.1 Å². The van der Waals surface area contributed by atoms with Crippen molar-refractivity contribution >= 4 is 33.2 Å². The van der Waals surface area contributed by atoms with Crippen LogP contribution in [0.15, 0.2) is 34.8 Å². The lowest BCUT2D eigenvalue weighted by molar-refractivity contribution is -0.115. The first-order chi connectivity index (χ1) is 9.86. The second-order valence-corrected chi connectivity index (χ2v) is 6.19. The lowest BCUT2D eigenvalue weighted by Gasteiger charge is -2.11. The predicted octanol–water partition coefficient (Wildman–Crippen LogP) is 4.14. The Morgan fingerprint density at radius 2 is 1.81 bits per heavy atom. The number of hydrogen-bond donors (Lipinski definition) is 2. The standard InChI is InChI=1S/C17H19BrN2O/c1-10-4-5-13(6-11(10)2)8-17(21)20-16-9-15(19)12(3)7-14(16)18/h4-7,9H,8,19H2,1-3H3,(H,20,21). The molecule has 0 heterocycles. The first-order valence-electron chi connectivity index (χ1n) is 6.78. The first kappa shape index (κ1) is 15.6. The molecule has 0 radical (unpaired) electrons. The van der Waals surface area contributed by atoms with E-state index in [0.29, 0.717) is 17.8 Å². The van der Waals surface area contributed by atoms with E-state index in [0.717, 1.165) is 15.6 Å². The summed E-state index contributed by atoms with van der Waals surface area (Å²) in [5.41, 5.74) is 11.7. The van der Waals surface area contributed by atoms with Crippen molar-refractivity contribution in [2.45, 2.75) is 27.2 Å². The number of carbonyl (C=O) groups is 1. The van der Waals surface area contributed by atoms with Gasteiger partial charge in [-0.1, -0.05) is 18.2 Å². The highest BCUT2D eigenvalue weighted by molar-refractivity contribution is 9.10. The predicted molar refractivity (Wildman–Crippen MR) is 91.5 cm³/mol. The summed E-state index contributed by atoms with van der Waals surface area (Å²) in [5, 5.41) is 2.90. The summed E-state index contributed by atoms with van der Waals surface area (Å²) in [6, 6.07) is 9.75. The van der Waals surface area contributed by atoms with Gasteiger partial charge < -0.3 is 11.1 Å². The van der Waals surface area contributed by atoms with Crippen LogP contribution >= 0.6 is 15.9 Å². The molecule has 3 nitrogen and oxygen atoms in total. The van der Waals surface area contributed by atoms with E-state index in [9.17, 15) is 4.79 Å². The Balaban J connectivity index is 2.11. The Morgan fingerprint density at radius 3 is 2.48 bits per heavy atom. The number of amides is 1. The third-order valence-electron chi connectivity index (χ3n) is 3.57. The molecular weight excluding hydrogens is 328 g/mol. The van der Waals surface area contributed by atoms with Gasteiger partial charge in [0, 0.05) is 10.2 Å². The molecule has 0 saturated carbocycles. The molecule has 0 aliphatic carbocycles. The molecule has 4 heteroatoms. The number of nitrogens with one attached hydrogen (secondary N) is 1. The number of hydrogen-bond acceptors (Lipinski definition) is 2. The Kier molecular flexibility index (Phi) is 4.68. The molecule has 0 aliphatic rings. The molecule has 0 bridgehead atoms. The smallest absolute Gasteiger partial charge is 0.228 e. The zero-order valence-corrected chi connectivity index (χ0v) is 14.0. The number of rotatable bonds is 3. The highest BCUT2D eigenvalue weighted by atomic mass is 79.9. The third-order valence-corrected chi connectivity index (χ3v) is 4.22. The average Bonchev–Trinajstić information content (AvgIpc) is 2.40. The van der Waals surface area contributed by atoms with Gasteiger partial charge in [0.1, 0.15) is 0 Å². The lowest BCUT2D eigenvalue weighted by atomic mass is 10.0. The average molecular weight is 347 g/mol. The number of carbonyl (C=O) groups excluding carboxylic acids is 1. The second kappa shape index (κ2) is 6.31. The number of nitrogen functional groups attached to an aromatic ring is 1. The first-order valence-corrected chi connectivity index (χ1v) is 7.57. The summed E-state index contributed by atoms with van der Waals surface area (Å²) in [5.74, 6) is -0.0535. The normalized spacial score (nSPS) is 10.5. The zero-order chi connectivity index (χ0) is 15.6. The van der Waals surface area contributed by atoms with E-state index in [1.807, 2.05) is 38.1 Å². The van der Waals surface area contributed by atoms with Gasteiger partial charge >= 0.3 is 0 Å². The summed E-state index contributed by atoms with van der Waals surface area (Å²) in [4.78, 5) is 12.2. The van der Waals surface area contributed by atoms with E-state index in [2.05, 4.69) is 28.2 Å². The van der Waals surface area contributed by atoms with Gasteiger partial charge in [-0.25, -0.2) is 0 Å². The molecule has 0 aliphatic heterocycles. The molecule has 21 heavy (non-hydrogen) atoms. The molecule has 0 atom stereocenters. The van der Waals surface area contributed by atoms with Crippen molar-refractivity contribution in [1.82, 2.24) is 0 Å². The minimum atomic E-state index is -0.0535. The summed E-state index contributed by atoms with van der Waals surface area (Å²) in [7, 11) is 0. The van der Waals surface area contributed by atoms with Crippen LogP contribution < -0.4 is 11.1 Å². The highest BCUT2D eigenvalue weighted by Crippen LogP contribution is 2.27. The second-order valence-electron chi connectivity index (χ2n) is 5.33. The minimum absolute atomic E-state index is 0.0535. The maximum Gasteiger partial charge on any atom is 0.228 e. The van der Waals surface area contributed by atoms with Gasteiger partial charge in [0.2, 0.25) is 5.91 Å². The molecule has 0 aromatic heterocycles. The minimum Gasteiger partial charge on any atom is -0.398 e. The summed E-state index contributed by atoms with van der Waals surface area (Å²) >= 11 is 3.45. The molecule has 0 unspecified atom stereocenters. The van der Waals surface area contributed by atoms with Crippen molar-refractivity contribution in [3.8, 4) is 0 Å². The molecule has 0 saturated heterocycles. The summed E-state index contributed by atoms with van der Waals surface area (Å²) in [6.07, 6.45) is 0.349. The van der Waals surface area contributed by atoms with Crippen LogP contribution in [0.5, 0.6) is 0 Å². The monoisotopic (exact) mass is 346 g/mol. The number of benzene rings is 2. The summed E-state index contributed by atoms with van der Waals surface area (Å²) in [6.45, 7) is 6.04. The number of halogens is 1. The van der Waals surface area contributed by atoms with Gasteiger partial charge in [-0.3, -0.25) is 4.79 Å². The van der Waals surface area contributed by atoms with Crippen LogP contribution in [0.4, 0.5) is 11.4 Å². The van der Waals surface area contributed by atoms with Crippen LogP contribution in [0.1, 0.15) is 22.3 Å². The van der Waals surface area contributed by atoms with Crippen LogP contribution in [0.25, 0.3) is 0 Å². The van der Waals surface area contributed by atoms with Gasteiger partial charge in [0.05, 0.1) is 12.1 Å². The van der Waals surface area contributed by atoms with Crippen molar-refractivity contribution in [1.29, 1.82) is 0 Å². The van der Waals surface area contributed by atoms with Crippen LogP contribution in [-0.2, 0) is 11.2 Å². The molecule has 2 aromatic rings. The van der Waals surface area contributed by atoms with Gasteiger partial charge in [0.25, 0.3) is 0 Å². The SMILES string of the molecule is Cc1ccc(CC(=O)Nc2cc(N)c(C)cc2Br)cc1C. The molecule has 110 valence electrons. The number of nitrogens with two attached hydrogens (primary N) is 1.